The van der Waals surface area contributed by atoms with Gasteiger partial charge in [-0.15, -0.1) is 0 Å². The van der Waals surface area contributed by atoms with Gasteiger partial charge in [-0.2, -0.15) is 0 Å². The fourth-order valence-electron chi connectivity index (χ4n) is 4.26. The Morgan fingerprint density at radius 3 is 2.42 bits per heavy atom. The van der Waals surface area contributed by atoms with Crippen molar-refractivity contribution in [2.45, 2.75) is 32.1 Å². The fourth-order valence-corrected chi connectivity index (χ4v) is 4.71. The molecule has 1 N–H and O–H groups in total. The van der Waals surface area contributed by atoms with Crippen molar-refractivity contribution in [3.05, 3.63) is 69.3 Å². The van der Waals surface area contributed by atoms with Crippen molar-refractivity contribution >= 4 is 40.6 Å². The summed E-state index contributed by atoms with van der Waals surface area (Å²) in [6.45, 7) is 2.28. The number of benzene rings is 2. The van der Waals surface area contributed by atoms with Gasteiger partial charge in [0.05, 0.1) is 17.8 Å². The maximum Gasteiger partial charge on any atom is 0.266 e. The maximum absolute atomic E-state index is 13.6. The van der Waals surface area contributed by atoms with Gasteiger partial charge in [-0.3, -0.25) is 14.6 Å². The van der Waals surface area contributed by atoms with Crippen LogP contribution in [0.1, 0.15) is 42.5 Å². The van der Waals surface area contributed by atoms with E-state index in [1.807, 2.05) is 5.01 Å². The van der Waals surface area contributed by atoms with E-state index in [1.165, 1.54) is 6.42 Å². The third kappa shape index (κ3) is 5.52. The van der Waals surface area contributed by atoms with Crippen molar-refractivity contribution in [1.29, 1.82) is 0 Å². The number of ketones is 1. The molecule has 0 atom stereocenters. The smallest absolute Gasteiger partial charge is 0.266 e. The van der Waals surface area contributed by atoms with Gasteiger partial charge < -0.3 is 10.1 Å². The summed E-state index contributed by atoms with van der Waals surface area (Å²) in [6.07, 6.45) is 3.92. The molecule has 6 nitrogen and oxygen atoms in total. The number of amides is 1. The number of hydrazine groups is 1. The molecule has 0 aliphatic carbocycles. The van der Waals surface area contributed by atoms with E-state index in [0.29, 0.717) is 45.6 Å². The van der Waals surface area contributed by atoms with Crippen LogP contribution in [-0.4, -0.2) is 48.5 Å². The first kappa shape index (κ1) is 23.6. The van der Waals surface area contributed by atoms with E-state index < -0.39 is 0 Å². The van der Waals surface area contributed by atoms with Crippen LogP contribution in [0.2, 0.25) is 10.0 Å². The van der Waals surface area contributed by atoms with Gasteiger partial charge in [0.2, 0.25) is 0 Å². The Hall–Kier alpha value is -2.54. The van der Waals surface area contributed by atoms with Crippen molar-refractivity contribution in [2.75, 3.05) is 32.1 Å². The molecule has 2 aliphatic rings. The van der Waals surface area contributed by atoms with E-state index >= 15 is 0 Å². The van der Waals surface area contributed by atoms with E-state index in [0.717, 1.165) is 31.6 Å². The minimum Gasteiger partial charge on any atom is -0.497 e. The molecule has 1 fully saturated rings. The van der Waals surface area contributed by atoms with Gasteiger partial charge in [-0.1, -0.05) is 29.6 Å². The molecule has 4 rings (SSSR count). The molecule has 2 aromatic carbocycles. The number of carbonyl (C=O) groups is 2. The molecular formula is C25H27Cl2N3O3. The van der Waals surface area contributed by atoms with Crippen molar-refractivity contribution in [2.24, 2.45) is 0 Å². The molecule has 33 heavy (non-hydrogen) atoms. The molecular weight excluding hydrogens is 461 g/mol. The number of hydrogen-bond acceptors (Lipinski definition) is 5. The average molecular weight is 488 g/mol. The maximum atomic E-state index is 13.6. The van der Waals surface area contributed by atoms with Crippen LogP contribution in [0.5, 0.6) is 5.75 Å². The minimum absolute atomic E-state index is 0.00302. The average Bonchev–Trinajstić information content (AvgIpc) is 2.83. The Balaban J connectivity index is 1.63. The number of nitrogens with one attached hydrogen (secondary N) is 1. The lowest BCUT2D eigenvalue weighted by molar-refractivity contribution is -0.147. The van der Waals surface area contributed by atoms with Gasteiger partial charge in [-0.25, -0.2) is 5.01 Å². The van der Waals surface area contributed by atoms with Gasteiger partial charge >= 0.3 is 0 Å². The minimum atomic E-state index is -0.127. The predicted molar refractivity (Wildman–Crippen MR) is 131 cm³/mol. The van der Waals surface area contributed by atoms with Crippen molar-refractivity contribution in [3.8, 4) is 5.75 Å². The van der Waals surface area contributed by atoms with Gasteiger partial charge in [0, 0.05) is 54.3 Å². The third-order valence-electron chi connectivity index (χ3n) is 6.07. The number of hydrogen-bond donors (Lipinski definition) is 1. The number of piperidine rings is 1. The number of Topliss-reactive ketones (excluding diaryl/α,β-unsaturated/α-hetero) is 1. The Morgan fingerprint density at radius 2 is 1.76 bits per heavy atom. The summed E-state index contributed by atoms with van der Waals surface area (Å²) in [5, 5.41) is 8.23. The summed E-state index contributed by atoms with van der Waals surface area (Å²) in [7, 11) is 1.58. The van der Waals surface area contributed by atoms with E-state index in [9.17, 15) is 9.59 Å². The number of ether oxygens (including phenoxy) is 1. The fraction of sp³-hybridized carbons (Fsp3) is 0.360. The van der Waals surface area contributed by atoms with Crippen LogP contribution in [0.25, 0.3) is 0 Å². The van der Waals surface area contributed by atoms with Crippen molar-refractivity contribution < 1.29 is 14.3 Å². The summed E-state index contributed by atoms with van der Waals surface area (Å²) in [5.74, 6) is 0.427. The highest BCUT2D eigenvalue weighted by Crippen LogP contribution is 2.31. The summed E-state index contributed by atoms with van der Waals surface area (Å²) in [5.41, 5.74) is 2.39. The molecule has 1 saturated heterocycles. The van der Waals surface area contributed by atoms with Crippen LogP contribution in [0, 0.1) is 0 Å². The topological polar surface area (TPSA) is 61.9 Å². The number of anilines is 1. The first-order valence-electron chi connectivity index (χ1n) is 11.1. The van der Waals surface area contributed by atoms with Crippen LogP contribution in [0.15, 0.2) is 53.7 Å². The molecule has 2 heterocycles. The lowest BCUT2D eigenvalue weighted by Crippen LogP contribution is -2.52. The van der Waals surface area contributed by atoms with Gasteiger partial charge in [-0.05, 0) is 55.3 Å². The highest BCUT2D eigenvalue weighted by atomic mass is 35.5. The van der Waals surface area contributed by atoms with E-state index in [4.69, 9.17) is 27.9 Å². The Labute approximate surface area is 204 Å². The zero-order valence-corrected chi connectivity index (χ0v) is 20.1. The highest BCUT2D eigenvalue weighted by Gasteiger charge is 2.33. The summed E-state index contributed by atoms with van der Waals surface area (Å²) in [4.78, 5) is 26.7. The van der Waals surface area contributed by atoms with Gasteiger partial charge in [0.25, 0.3) is 5.91 Å². The van der Waals surface area contributed by atoms with Crippen LogP contribution in [0.3, 0.4) is 0 Å². The van der Waals surface area contributed by atoms with E-state index in [2.05, 4.69) is 10.3 Å². The lowest BCUT2D eigenvalue weighted by atomic mass is 9.97. The zero-order chi connectivity index (χ0) is 23.4. The molecule has 0 spiro atoms. The molecule has 0 saturated carbocycles. The predicted octanol–water partition coefficient (Wildman–Crippen LogP) is 5.57. The highest BCUT2D eigenvalue weighted by molar-refractivity contribution is 6.36. The monoisotopic (exact) mass is 487 g/mol. The largest absolute Gasteiger partial charge is 0.497 e. The van der Waals surface area contributed by atoms with Crippen LogP contribution in [-0.2, 0) is 4.79 Å². The molecule has 2 aliphatic heterocycles. The van der Waals surface area contributed by atoms with E-state index in [-0.39, 0.29) is 18.1 Å². The normalized spacial score (nSPS) is 17.3. The van der Waals surface area contributed by atoms with Crippen LogP contribution in [0.4, 0.5) is 5.69 Å². The molecule has 2 aromatic rings. The second kappa shape index (κ2) is 10.6. The molecule has 0 unspecified atom stereocenters. The van der Waals surface area contributed by atoms with Crippen molar-refractivity contribution in [1.82, 2.24) is 10.0 Å². The van der Waals surface area contributed by atoms with Gasteiger partial charge in [0.15, 0.2) is 5.78 Å². The first-order valence-corrected chi connectivity index (χ1v) is 11.9. The van der Waals surface area contributed by atoms with Gasteiger partial charge in [0.1, 0.15) is 5.75 Å². The summed E-state index contributed by atoms with van der Waals surface area (Å²) in [6, 6.07) is 12.1. The number of methoxy groups -OCH3 is 1. The third-order valence-corrected chi connectivity index (χ3v) is 6.62. The SMILES string of the molecule is COc1ccc(C(=O)CC2=C(Nc3ccc(Cl)cc3Cl)CCN(N3CCCCC3)C2=O)cc1. The Morgan fingerprint density at radius 1 is 1.03 bits per heavy atom. The number of carbonyl (C=O) groups excluding carboxylic acids is 2. The Kier molecular flexibility index (Phi) is 7.58. The molecule has 1 amide bonds. The first-order chi connectivity index (χ1) is 16.0. The number of halogens is 2. The quantitative estimate of drug-likeness (QED) is 0.516. The Bertz CT molecular complexity index is 1060. The summed E-state index contributed by atoms with van der Waals surface area (Å²) < 4.78 is 5.18. The second-order valence-electron chi connectivity index (χ2n) is 8.23. The standard InChI is InChI=1S/C25H27Cl2N3O3/c1-33-19-8-5-17(6-9-19)24(31)16-20-22(28-23-10-7-18(26)15-21(23)27)11-14-30(25(20)32)29-12-3-2-4-13-29/h5-10,15,28H,2-4,11-14,16H2,1H3. The van der Waals surface area contributed by atoms with Crippen LogP contribution >= 0.6 is 23.2 Å². The molecule has 0 radical (unpaired) electrons. The summed E-state index contributed by atoms with van der Waals surface area (Å²) >= 11 is 12.4. The number of rotatable bonds is 7. The molecule has 174 valence electrons. The lowest BCUT2D eigenvalue weighted by Gasteiger charge is -2.40. The molecule has 0 aromatic heterocycles. The van der Waals surface area contributed by atoms with Crippen molar-refractivity contribution in [3.63, 3.8) is 0 Å². The number of nitrogens with zero attached hydrogens (tertiary/aromatic N) is 2. The molecule has 0 bridgehead atoms. The zero-order valence-electron chi connectivity index (χ0n) is 18.6. The second-order valence-corrected chi connectivity index (χ2v) is 9.07. The molecule has 8 heteroatoms. The van der Waals surface area contributed by atoms with Crippen LogP contribution < -0.4 is 10.1 Å². The van der Waals surface area contributed by atoms with E-state index in [1.54, 1.807) is 49.6 Å².